The number of aromatic nitrogens is 6. The summed E-state index contributed by atoms with van der Waals surface area (Å²) in [6.45, 7) is 1.78. The van der Waals surface area contributed by atoms with Gasteiger partial charge in [-0.3, -0.25) is 0 Å². The van der Waals surface area contributed by atoms with Gasteiger partial charge in [-0.1, -0.05) is 22.9 Å². The maximum atomic E-state index is 13.2. The second kappa shape index (κ2) is 7.99. The molecule has 12 heteroatoms. The van der Waals surface area contributed by atoms with E-state index >= 15 is 0 Å². The number of aliphatic hydroxyl groups is 1. The van der Waals surface area contributed by atoms with Crippen LogP contribution in [0.2, 0.25) is 5.02 Å². The third-order valence-electron chi connectivity index (χ3n) is 5.64. The Kier molecular flexibility index (Phi) is 5.57. The maximum absolute atomic E-state index is 13.2. The Hall–Kier alpha value is -3.18. The second-order valence-electron chi connectivity index (χ2n) is 7.64. The minimum Gasteiger partial charge on any atom is -0.481 e. The second-order valence-corrected chi connectivity index (χ2v) is 8.02. The van der Waals surface area contributed by atoms with Gasteiger partial charge >= 0.3 is 6.18 Å². The van der Waals surface area contributed by atoms with E-state index in [0.717, 1.165) is 0 Å². The lowest BCUT2D eigenvalue weighted by molar-refractivity contribution is -0.127. The molecule has 174 valence electrons. The van der Waals surface area contributed by atoms with Gasteiger partial charge in [-0.05, 0) is 24.6 Å². The van der Waals surface area contributed by atoms with E-state index < -0.39 is 18.2 Å². The van der Waals surface area contributed by atoms with E-state index in [4.69, 9.17) is 16.3 Å². The van der Waals surface area contributed by atoms with E-state index in [1.165, 1.54) is 30.3 Å². The number of imidazole rings is 1. The zero-order chi connectivity index (χ0) is 24.1. The summed E-state index contributed by atoms with van der Waals surface area (Å²) >= 11 is 6.44. The quantitative estimate of drug-likeness (QED) is 0.470. The Morgan fingerprint density at radius 3 is 2.42 bits per heavy atom. The van der Waals surface area contributed by atoms with Gasteiger partial charge in [-0.25, -0.2) is 14.6 Å². The highest BCUT2D eigenvalue weighted by molar-refractivity contribution is 6.36. The minimum atomic E-state index is -4.52. The molecule has 4 rings (SSSR count). The highest BCUT2D eigenvalue weighted by Crippen LogP contribution is 2.41. The van der Waals surface area contributed by atoms with Crippen LogP contribution in [-0.4, -0.2) is 47.9 Å². The van der Waals surface area contributed by atoms with Crippen LogP contribution < -0.4 is 4.74 Å². The first kappa shape index (κ1) is 23.0. The number of pyridine rings is 1. The first-order chi connectivity index (χ1) is 15.5. The number of benzene rings is 1. The van der Waals surface area contributed by atoms with E-state index in [-0.39, 0.29) is 21.9 Å². The summed E-state index contributed by atoms with van der Waals surface area (Å²) in [5.74, 6) is 0.446. The van der Waals surface area contributed by atoms with Crippen molar-refractivity contribution in [2.24, 2.45) is 14.1 Å². The number of ether oxygens (including phenoxy) is 1. The fraction of sp³-hybridized carbons (Fsp3) is 0.333. The van der Waals surface area contributed by atoms with Gasteiger partial charge < -0.3 is 14.4 Å². The Labute approximate surface area is 191 Å². The van der Waals surface area contributed by atoms with Crippen LogP contribution in [0, 0.1) is 6.92 Å². The van der Waals surface area contributed by atoms with Crippen molar-refractivity contribution in [2.45, 2.75) is 25.1 Å². The van der Waals surface area contributed by atoms with E-state index in [0.29, 0.717) is 28.3 Å². The average molecular weight is 481 g/mol. The minimum absolute atomic E-state index is 0.150. The number of methoxy groups -OCH3 is 1. The monoisotopic (exact) mass is 480 g/mol. The van der Waals surface area contributed by atoms with Gasteiger partial charge in [0, 0.05) is 25.0 Å². The predicted octanol–water partition coefficient (Wildman–Crippen LogP) is 3.46. The number of aryl methyl sites for hydroxylation is 2. The van der Waals surface area contributed by atoms with Gasteiger partial charge in [0.2, 0.25) is 5.88 Å². The molecule has 1 N–H and O–H groups in total. The van der Waals surface area contributed by atoms with Crippen molar-refractivity contribution in [1.29, 1.82) is 0 Å². The number of nitrogens with zero attached hydrogens (tertiary/aromatic N) is 6. The van der Waals surface area contributed by atoms with Crippen LogP contribution in [0.5, 0.6) is 5.88 Å². The fourth-order valence-electron chi connectivity index (χ4n) is 3.87. The summed E-state index contributed by atoms with van der Waals surface area (Å²) in [5.41, 5.74) is -0.668. The molecule has 0 amide bonds. The van der Waals surface area contributed by atoms with Crippen molar-refractivity contribution >= 4 is 22.5 Å². The zero-order valence-electron chi connectivity index (χ0n) is 18.1. The molecule has 0 fully saturated rings. The van der Waals surface area contributed by atoms with Gasteiger partial charge in [-0.2, -0.15) is 13.2 Å². The van der Waals surface area contributed by atoms with Crippen molar-refractivity contribution in [1.82, 2.24) is 29.5 Å². The molecule has 0 spiro atoms. The molecule has 3 aromatic heterocycles. The first-order valence-electron chi connectivity index (χ1n) is 9.77. The number of fused-ring (bicyclic) bond motifs is 1. The molecule has 0 aliphatic heterocycles. The summed E-state index contributed by atoms with van der Waals surface area (Å²) < 4.78 is 47.8. The lowest BCUT2D eigenvalue weighted by Gasteiger charge is -2.29. The van der Waals surface area contributed by atoms with Crippen molar-refractivity contribution in [3.63, 3.8) is 0 Å². The average Bonchev–Trinajstić information content (AvgIpc) is 3.34. The molecule has 0 saturated carbocycles. The number of hydrogen-bond donors (Lipinski definition) is 1. The zero-order valence-corrected chi connectivity index (χ0v) is 18.9. The summed E-state index contributed by atoms with van der Waals surface area (Å²) in [7, 11) is 4.60. The number of alkyl halides is 3. The Bertz CT molecular complexity index is 1350. The van der Waals surface area contributed by atoms with Crippen LogP contribution >= 0.6 is 11.6 Å². The largest absolute Gasteiger partial charge is 0.481 e. The smallest absolute Gasteiger partial charge is 0.393 e. The molecular formula is C21H20ClF3N6O2. The van der Waals surface area contributed by atoms with Crippen LogP contribution in [0.15, 0.2) is 30.6 Å². The lowest BCUT2D eigenvalue weighted by Crippen LogP contribution is -2.33. The Morgan fingerprint density at radius 1 is 1.15 bits per heavy atom. The molecule has 0 radical (unpaired) electrons. The Morgan fingerprint density at radius 2 is 1.88 bits per heavy atom. The SMILES string of the molecule is COc1nc2ccc(C(O)(c3cnnn3C)c3cnc(C)n3C)cc2c(Cl)c1CC(F)(F)F. The molecule has 3 heterocycles. The molecule has 1 atom stereocenters. The standard InChI is InChI=1S/C21H20ClF3N6O2/c1-11-26-9-16(30(11)2)21(32,17-10-27-29-31(17)3)12-5-6-15-13(7-12)18(22)14(8-20(23,24)25)19(28-15)33-4/h5-7,9-10,32H,8H2,1-4H3. The summed E-state index contributed by atoms with van der Waals surface area (Å²) in [4.78, 5) is 8.48. The predicted molar refractivity (Wildman–Crippen MR) is 114 cm³/mol. The Balaban J connectivity index is 2.01. The summed E-state index contributed by atoms with van der Waals surface area (Å²) in [6.07, 6.45) is -2.89. The molecule has 8 nitrogen and oxygen atoms in total. The molecular weight excluding hydrogens is 461 g/mol. The van der Waals surface area contributed by atoms with Crippen LogP contribution in [0.3, 0.4) is 0 Å². The third-order valence-corrected chi connectivity index (χ3v) is 6.07. The fourth-order valence-corrected chi connectivity index (χ4v) is 4.17. The lowest BCUT2D eigenvalue weighted by atomic mass is 9.86. The summed E-state index contributed by atoms with van der Waals surface area (Å²) in [5, 5.41) is 20.0. The molecule has 1 aromatic carbocycles. The number of halogens is 4. The van der Waals surface area contributed by atoms with E-state index in [1.54, 1.807) is 37.7 Å². The highest BCUT2D eigenvalue weighted by Gasteiger charge is 2.40. The highest BCUT2D eigenvalue weighted by atomic mass is 35.5. The van der Waals surface area contributed by atoms with Gasteiger partial charge in [0.15, 0.2) is 5.60 Å². The van der Waals surface area contributed by atoms with Gasteiger partial charge in [0.05, 0.1) is 42.2 Å². The van der Waals surface area contributed by atoms with Crippen LogP contribution in [-0.2, 0) is 26.1 Å². The molecule has 33 heavy (non-hydrogen) atoms. The van der Waals surface area contributed by atoms with Gasteiger partial charge in [0.25, 0.3) is 0 Å². The van der Waals surface area contributed by atoms with Gasteiger partial charge in [0.1, 0.15) is 11.5 Å². The van der Waals surface area contributed by atoms with Crippen molar-refractivity contribution < 1.29 is 23.0 Å². The molecule has 0 aliphatic carbocycles. The van der Waals surface area contributed by atoms with Crippen LogP contribution in [0.4, 0.5) is 13.2 Å². The molecule has 4 aromatic rings. The normalized spacial score (nSPS) is 14.0. The molecule has 0 bridgehead atoms. The van der Waals surface area contributed by atoms with Crippen molar-refractivity contribution in [2.75, 3.05) is 7.11 Å². The van der Waals surface area contributed by atoms with Crippen molar-refractivity contribution in [3.05, 3.63) is 64.0 Å². The van der Waals surface area contributed by atoms with E-state index in [1.807, 2.05) is 0 Å². The van der Waals surface area contributed by atoms with E-state index in [2.05, 4.69) is 20.3 Å². The number of hydrogen-bond acceptors (Lipinski definition) is 6. The van der Waals surface area contributed by atoms with Crippen LogP contribution in [0.25, 0.3) is 10.9 Å². The first-order valence-corrected chi connectivity index (χ1v) is 10.1. The van der Waals surface area contributed by atoms with Gasteiger partial charge in [-0.15, -0.1) is 5.10 Å². The summed E-state index contributed by atoms with van der Waals surface area (Å²) in [6, 6.07) is 4.69. The number of rotatable bonds is 5. The third kappa shape index (κ3) is 3.80. The van der Waals surface area contributed by atoms with Crippen LogP contribution in [0.1, 0.15) is 28.3 Å². The molecule has 1 unspecified atom stereocenters. The van der Waals surface area contributed by atoms with Crippen molar-refractivity contribution in [3.8, 4) is 5.88 Å². The molecule has 0 aliphatic rings. The van der Waals surface area contributed by atoms with E-state index in [9.17, 15) is 18.3 Å². The maximum Gasteiger partial charge on any atom is 0.393 e. The molecule has 0 saturated heterocycles. The topological polar surface area (TPSA) is 90.9 Å².